The number of benzene rings is 2. The molecule has 0 saturated heterocycles. The van der Waals surface area contributed by atoms with Gasteiger partial charge in [0.2, 0.25) is 0 Å². The lowest BCUT2D eigenvalue weighted by molar-refractivity contribution is 0.0884. The van der Waals surface area contributed by atoms with E-state index < -0.39 is 6.10 Å². The van der Waals surface area contributed by atoms with E-state index in [0.717, 1.165) is 5.69 Å². The number of aryl methyl sites for hydroxylation is 1. The molecule has 0 fully saturated rings. The number of carbonyl (C=O) groups excluding carboxylic acids is 2. The van der Waals surface area contributed by atoms with E-state index in [1.54, 1.807) is 67.1 Å². The van der Waals surface area contributed by atoms with Gasteiger partial charge in [-0.3, -0.25) is 14.3 Å². The van der Waals surface area contributed by atoms with Crippen molar-refractivity contribution in [2.75, 3.05) is 6.61 Å². The number of Topliss-reactive ketones (excluding diaryl/α,β-unsaturated/α-hetero) is 1. The molecule has 30 heavy (non-hydrogen) atoms. The molecule has 1 heterocycles. The van der Waals surface area contributed by atoms with Crippen LogP contribution in [-0.2, 0) is 6.54 Å². The van der Waals surface area contributed by atoms with Crippen molar-refractivity contribution >= 4 is 23.2 Å². The molecule has 6 nitrogen and oxygen atoms in total. The van der Waals surface area contributed by atoms with Crippen molar-refractivity contribution in [1.29, 1.82) is 0 Å². The number of hydrogen-bond donors (Lipinski definition) is 1. The van der Waals surface area contributed by atoms with Gasteiger partial charge in [0.05, 0.1) is 17.8 Å². The summed E-state index contributed by atoms with van der Waals surface area (Å²) in [4.78, 5) is 24.2. The number of carbonyl (C=O) groups is 2. The SMILES string of the molecule is CC(=O)c1c(C)nn(C[C@H](O)COc2ccc(C(=O)c3ccc(Cl)cc3)cc2)c1C. The summed E-state index contributed by atoms with van der Waals surface area (Å²) in [5.74, 6) is 0.388. The number of hydrogen-bond acceptors (Lipinski definition) is 5. The molecule has 2 aromatic carbocycles. The molecule has 3 aromatic rings. The first-order valence-corrected chi connectivity index (χ1v) is 9.90. The normalized spacial score (nSPS) is 11.9. The van der Waals surface area contributed by atoms with Gasteiger partial charge < -0.3 is 9.84 Å². The quantitative estimate of drug-likeness (QED) is 0.550. The third-order valence-electron chi connectivity index (χ3n) is 4.78. The Hall–Kier alpha value is -2.96. The minimum Gasteiger partial charge on any atom is -0.491 e. The molecule has 0 aliphatic heterocycles. The van der Waals surface area contributed by atoms with Crippen molar-refractivity contribution in [3.8, 4) is 5.75 Å². The highest BCUT2D eigenvalue weighted by molar-refractivity contribution is 6.30. The van der Waals surface area contributed by atoms with Crippen molar-refractivity contribution in [2.24, 2.45) is 0 Å². The van der Waals surface area contributed by atoms with Crippen molar-refractivity contribution in [1.82, 2.24) is 9.78 Å². The van der Waals surface area contributed by atoms with Crippen LogP contribution in [0.25, 0.3) is 0 Å². The molecule has 156 valence electrons. The van der Waals surface area contributed by atoms with Crippen LogP contribution < -0.4 is 4.74 Å². The Morgan fingerprint density at radius 3 is 2.17 bits per heavy atom. The Morgan fingerprint density at radius 2 is 1.63 bits per heavy atom. The number of ketones is 2. The molecule has 0 bridgehead atoms. The Balaban J connectivity index is 1.58. The number of halogens is 1. The van der Waals surface area contributed by atoms with Gasteiger partial charge in [0.1, 0.15) is 18.5 Å². The van der Waals surface area contributed by atoms with Gasteiger partial charge in [0.25, 0.3) is 0 Å². The first-order valence-electron chi connectivity index (χ1n) is 9.52. The van der Waals surface area contributed by atoms with E-state index in [9.17, 15) is 14.7 Å². The van der Waals surface area contributed by atoms with Gasteiger partial charge in [-0.25, -0.2) is 0 Å². The van der Waals surface area contributed by atoms with Crippen LogP contribution in [0.3, 0.4) is 0 Å². The number of aliphatic hydroxyl groups excluding tert-OH is 1. The van der Waals surface area contributed by atoms with Gasteiger partial charge in [-0.05, 0) is 69.3 Å². The van der Waals surface area contributed by atoms with Crippen LogP contribution in [0, 0.1) is 13.8 Å². The summed E-state index contributed by atoms with van der Waals surface area (Å²) in [7, 11) is 0. The maximum atomic E-state index is 12.5. The maximum Gasteiger partial charge on any atom is 0.193 e. The van der Waals surface area contributed by atoms with Crippen LogP contribution in [0.5, 0.6) is 5.75 Å². The Bertz CT molecular complexity index is 1060. The smallest absolute Gasteiger partial charge is 0.193 e. The second-order valence-corrected chi connectivity index (χ2v) is 7.55. The van der Waals surface area contributed by atoms with E-state index in [-0.39, 0.29) is 24.7 Å². The van der Waals surface area contributed by atoms with E-state index in [2.05, 4.69) is 5.10 Å². The molecule has 7 heteroatoms. The number of rotatable bonds is 8. The lowest BCUT2D eigenvalue weighted by atomic mass is 10.0. The lowest BCUT2D eigenvalue weighted by Gasteiger charge is -2.14. The highest BCUT2D eigenvalue weighted by Crippen LogP contribution is 2.18. The molecule has 0 radical (unpaired) electrons. The van der Waals surface area contributed by atoms with Gasteiger partial charge in [-0.15, -0.1) is 0 Å². The van der Waals surface area contributed by atoms with Crippen molar-refractivity contribution in [2.45, 2.75) is 33.4 Å². The Kier molecular flexibility index (Phi) is 6.70. The topological polar surface area (TPSA) is 81.4 Å². The first kappa shape index (κ1) is 21.7. The van der Waals surface area contributed by atoms with E-state index in [1.807, 2.05) is 0 Å². The first-order chi connectivity index (χ1) is 14.3. The van der Waals surface area contributed by atoms with Gasteiger partial charge in [0.15, 0.2) is 11.6 Å². The molecule has 1 N–H and O–H groups in total. The van der Waals surface area contributed by atoms with Crippen molar-refractivity contribution < 1.29 is 19.4 Å². The van der Waals surface area contributed by atoms with E-state index >= 15 is 0 Å². The van der Waals surface area contributed by atoms with Gasteiger partial charge in [0, 0.05) is 21.8 Å². The fourth-order valence-electron chi connectivity index (χ4n) is 3.30. The zero-order chi connectivity index (χ0) is 21.8. The van der Waals surface area contributed by atoms with E-state index in [1.165, 1.54) is 6.92 Å². The molecule has 0 aliphatic rings. The summed E-state index contributed by atoms with van der Waals surface area (Å²) < 4.78 is 7.25. The Labute approximate surface area is 180 Å². The molecule has 0 aliphatic carbocycles. The minimum absolute atomic E-state index is 0.0461. The zero-order valence-corrected chi connectivity index (χ0v) is 17.8. The molecule has 0 spiro atoms. The maximum absolute atomic E-state index is 12.5. The molecular formula is C23H23ClN2O4. The van der Waals surface area contributed by atoms with Crippen LogP contribution in [0.1, 0.15) is 44.6 Å². The lowest BCUT2D eigenvalue weighted by Crippen LogP contribution is -2.25. The molecular weight excluding hydrogens is 404 g/mol. The van der Waals surface area contributed by atoms with Crippen LogP contribution >= 0.6 is 11.6 Å². The predicted octanol–water partition coefficient (Wildman–Crippen LogP) is 4.03. The van der Waals surface area contributed by atoms with Crippen LogP contribution in [0.15, 0.2) is 48.5 Å². The predicted molar refractivity (Wildman–Crippen MR) is 115 cm³/mol. The highest BCUT2D eigenvalue weighted by Gasteiger charge is 2.17. The summed E-state index contributed by atoms with van der Waals surface area (Å²) in [6.45, 7) is 5.35. The summed E-state index contributed by atoms with van der Waals surface area (Å²) in [5, 5.41) is 15.2. The van der Waals surface area contributed by atoms with Gasteiger partial charge in [-0.2, -0.15) is 5.10 Å². The van der Waals surface area contributed by atoms with Crippen molar-refractivity contribution in [3.05, 3.63) is 81.6 Å². The minimum atomic E-state index is -0.807. The molecule has 0 saturated carbocycles. The van der Waals surface area contributed by atoms with Gasteiger partial charge in [-0.1, -0.05) is 11.6 Å². The number of aliphatic hydroxyl groups is 1. The summed E-state index contributed by atoms with van der Waals surface area (Å²) in [5.41, 5.74) is 3.05. The fourth-order valence-corrected chi connectivity index (χ4v) is 3.43. The van der Waals surface area contributed by atoms with Crippen molar-refractivity contribution in [3.63, 3.8) is 0 Å². The van der Waals surface area contributed by atoms with E-state index in [4.69, 9.17) is 16.3 Å². The average molecular weight is 427 g/mol. The standard InChI is InChI=1S/C23H23ClN2O4/c1-14-22(16(3)27)15(2)26(25-14)12-20(28)13-30-21-10-6-18(7-11-21)23(29)17-4-8-19(24)9-5-17/h4-11,20,28H,12-13H2,1-3H3/t20-/m0/s1. The van der Waals surface area contributed by atoms with Crippen LogP contribution in [0.4, 0.5) is 0 Å². The number of aromatic nitrogens is 2. The van der Waals surface area contributed by atoms with E-state index in [0.29, 0.717) is 33.2 Å². The monoisotopic (exact) mass is 426 g/mol. The second-order valence-electron chi connectivity index (χ2n) is 7.11. The molecule has 3 rings (SSSR count). The molecule has 1 atom stereocenters. The number of ether oxygens (including phenoxy) is 1. The third-order valence-corrected chi connectivity index (χ3v) is 5.03. The van der Waals surface area contributed by atoms with Crippen LogP contribution in [0.2, 0.25) is 5.02 Å². The Morgan fingerprint density at radius 1 is 1.07 bits per heavy atom. The summed E-state index contributed by atoms with van der Waals surface area (Å²) >= 11 is 5.86. The average Bonchev–Trinajstić information content (AvgIpc) is 3.00. The largest absolute Gasteiger partial charge is 0.491 e. The van der Waals surface area contributed by atoms with Crippen LogP contribution in [-0.4, -0.2) is 39.2 Å². The highest BCUT2D eigenvalue weighted by atomic mass is 35.5. The summed E-state index contributed by atoms with van der Waals surface area (Å²) in [6.07, 6.45) is -0.807. The number of nitrogens with zero attached hydrogens (tertiary/aromatic N) is 2. The van der Waals surface area contributed by atoms with Gasteiger partial charge >= 0.3 is 0 Å². The molecule has 0 unspecified atom stereocenters. The summed E-state index contributed by atoms with van der Waals surface area (Å²) in [6, 6.07) is 13.5. The second kappa shape index (κ2) is 9.24. The zero-order valence-electron chi connectivity index (χ0n) is 17.1. The fraction of sp³-hybridized carbons (Fsp3) is 0.261. The molecule has 0 amide bonds. The third kappa shape index (κ3) is 4.96. The molecule has 1 aromatic heterocycles.